The van der Waals surface area contributed by atoms with Crippen LogP contribution < -0.4 is 10.1 Å². The Bertz CT molecular complexity index is 599. The predicted octanol–water partition coefficient (Wildman–Crippen LogP) is 4.42. The monoisotopic (exact) mass is 355 g/mol. The molecule has 5 heteroatoms. The summed E-state index contributed by atoms with van der Waals surface area (Å²) in [5, 5.41) is 3.18. The molecule has 21 heavy (non-hydrogen) atoms. The number of hydrogen-bond donors (Lipinski definition) is 1. The van der Waals surface area contributed by atoms with Gasteiger partial charge in [0.15, 0.2) is 0 Å². The maximum atomic E-state index is 13.8. The number of benzene rings is 2. The second-order valence-corrected chi connectivity index (χ2v) is 5.52. The summed E-state index contributed by atoms with van der Waals surface area (Å²) in [5.41, 5.74) is 1.43. The van der Waals surface area contributed by atoms with Gasteiger partial charge in [-0.3, -0.25) is 0 Å². The zero-order valence-electron chi connectivity index (χ0n) is 11.6. The van der Waals surface area contributed by atoms with Crippen LogP contribution in [0.15, 0.2) is 40.9 Å². The van der Waals surface area contributed by atoms with Gasteiger partial charge in [-0.15, -0.1) is 0 Å². The molecule has 0 aliphatic carbocycles. The van der Waals surface area contributed by atoms with E-state index < -0.39 is 5.82 Å². The summed E-state index contributed by atoms with van der Waals surface area (Å²) in [6, 6.07) is 9.17. The molecule has 0 heterocycles. The van der Waals surface area contributed by atoms with Crippen molar-refractivity contribution in [2.75, 3.05) is 6.54 Å². The Morgan fingerprint density at radius 3 is 2.67 bits per heavy atom. The van der Waals surface area contributed by atoms with E-state index in [1.54, 1.807) is 18.2 Å². The Morgan fingerprint density at radius 1 is 1.14 bits per heavy atom. The Labute approximate surface area is 131 Å². The Hall–Kier alpha value is -1.46. The molecular formula is C16H16BrF2NO. The molecule has 2 aromatic carbocycles. The van der Waals surface area contributed by atoms with Crippen LogP contribution in [0, 0.1) is 11.6 Å². The third-order valence-corrected chi connectivity index (χ3v) is 3.38. The highest BCUT2D eigenvalue weighted by Crippen LogP contribution is 2.22. The number of ether oxygens (including phenoxy) is 1. The van der Waals surface area contributed by atoms with E-state index in [0.717, 1.165) is 12.1 Å². The van der Waals surface area contributed by atoms with Crippen LogP contribution in [0.2, 0.25) is 0 Å². The zero-order valence-corrected chi connectivity index (χ0v) is 13.2. The fraction of sp³-hybridized carbons (Fsp3) is 0.250. The first-order valence-electron chi connectivity index (χ1n) is 6.65. The van der Waals surface area contributed by atoms with E-state index >= 15 is 0 Å². The van der Waals surface area contributed by atoms with E-state index in [2.05, 4.69) is 21.2 Å². The highest BCUT2D eigenvalue weighted by molar-refractivity contribution is 9.10. The van der Waals surface area contributed by atoms with Gasteiger partial charge in [0.1, 0.15) is 24.0 Å². The Balaban J connectivity index is 2.08. The highest BCUT2D eigenvalue weighted by atomic mass is 79.9. The summed E-state index contributed by atoms with van der Waals surface area (Å²) in [6.45, 7) is 3.59. The molecule has 2 nitrogen and oxygen atoms in total. The SMILES string of the molecule is CCNCc1ccc(F)c(COc2cc(F)cc(Br)c2)c1. The minimum Gasteiger partial charge on any atom is -0.489 e. The molecule has 2 aromatic rings. The standard InChI is InChI=1S/C16H16BrF2NO/c1-2-20-9-11-3-4-16(19)12(5-11)10-21-15-7-13(17)6-14(18)8-15/h3-8,20H,2,9-10H2,1H3. The minimum atomic E-state index is -0.402. The van der Waals surface area contributed by atoms with Crippen LogP contribution in [0.5, 0.6) is 5.75 Å². The molecule has 0 fully saturated rings. The number of hydrogen-bond acceptors (Lipinski definition) is 2. The molecule has 2 rings (SSSR count). The molecule has 0 saturated carbocycles. The summed E-state index contributed by atoms with van der Waals surface area (Å²) in [5.74, 6) is -0.371. The van der Waals surface area contributed by atoms with Gasteiger partial charge < -0.3 is 10.1 Å². The van der Waals surface area contributed by atoms with Crippen molar-refractivity contribution < 1.29 is 13.5 Å². The summed E-state index contributed by atoms with van der Waals surface area (Å²) < 4.78 is 33.1. The first-order chi connectivity index (χ1) is 10.1. The molecule has 1 N–H and O–H groups in total. The zero-order chi connectivity index (χ0) is 15.2. The second-order valence-electron chi connectivity index (χ2n) is 4.60. The predicted molar refractivity (Wildman–Crippen MR) is 82.2 cm³/mol. The van der Waals surface area contributed by atoms with Crippen LogP contribution in [0.1, 0.15) is 18.1 Å². The lowest BCUT2D eigenvalue weighted by molar-refractivity contribution is 0.298. The van der Waals surface area contributed by atoms with Crippen molar-refractivity contribution >= 4 is 15.9 Å². The fourth-order valence-electron chi connectivity index (χ4n) is 1.89. The average Bonchev–Trinajstić information content (AvgIpc) is 2.44. The van der Waals surface area contributed by atoms with Crippen LogP contribution in [-0.4, -0.2) is 6.54 Å². The van der Waals surface area contributed by atoms with Crippen LogP contribution in [0.3, 0.4) is 0 Å². The lowest BCUT2D eigenvalue weighted by atomic mass is 10.1. The third kappa shape index (κ3) is 4.79. The molecule has 0 spiro atoms. The summed E-state index contributed by atoms with van der Waals surface area (Å²) in [4.78, 5) is 0. The molecule has 0 unspecified atom stereocenters. The summed E-state index contributed by atoms with van der Waals surface area (Å²) in [7, 11) is 0. The second kappa shape index (κ2) is 7.52. The first kappa shape index (κ1) is 15.9. The van der Waals surface area contributed by atoms with Crippen LogP contribution in [-0.2, 0) is 13.2 Å². The van der Waals surface area contributed by atoms with Gasteiger partial charge >= 0.3 is 0 Å². The van der Waals surface area contributed by atoms with Gasteiger partial charge in [-0.25, -0.2) is 8.78 Å². The molecule has 0 atom stereocenters. The van der Waals surface area contributed by atoms with E-state index in [4.69, 9.17) is 4.74 Å². The Kier molecular flexibility index (Phi) is 5.70. The van der Waals surface area contributed by atoms with Crippen molar-refractivity contribution in [2.24, 2.45) is 0 Å². The maximum absolute atomic E-state index is 13.8. The van der Waals surface area contributed by atoms with Gasteiger partial charge in [-0.1, -0.05) is 28.9 Å². The van der Waals surface area contributed by atoms with Crippen molar-refractivity contribution in [3.05, 3.63) is 63.6 Å². The van der Waals surface area contributed by atoms with Crippen LogP contribution in [0.25, 0.3) is 0 Å². The van der Waals surface area contributed by atoms with Crippen molar-refractivity contribution in [2.45, 2.75) is 20.1 Å². The molecule has 0 aromatic heterocycles. The lowest BCUT2D eigenvalue weighted by Crippen LogP contribution is -2.12. The van der Waals surface area contributed by atoms with Gasteiger partial charge in [0, 0.05) is 22.6 Å². The van der Waals surface area contributed by atoms with Crippen molar-refractivity contribution in [3.63, 3.8) is 0 Å². The highest BCUT2D eigenvalue weighted by Gasteiger charge is 2.06. The van der Waals surface area contributed by atoms with E-state index in [9.17, 15) is 8.78 Å². The van der Waals surface area contributed by atoms with Crippen molar-refractivity contribution in [3.8, 4) is 5.75 Å². The molecule has 0 bridgehead atoms. The molecule has 0 aliphatic rings. The maximum Gasteiger partial charge on any atom is 0.129 e. The lowest BCUT2D eigenvalue weighted by Gasteiger charge is -2.10. The van der Waals surface area contributed by atoms with Gasteiger partial charge in [0.2, 0.25) is 0 Å². The number of halogens is 3. The Morgan fingerprint density at radius 2 is 1.95 bits per heavy atom. The molecular weight excluding hydrogens is 340 g/mol. The quantitative estimate of drug-likeness (QED) is 0.828. The van der Waals surface area contributed by atoms with Crippen LogP contribution >= 0.6 is 15.9 Å². The molecule has 0 amide bonds. The van der Waals surface area contributed by atoms with Gasteiger partial charge in [-0.2, -0.15) is 0 Å². The largest absolute Gasteiger partial charge is 0.489 e. The minimum absolute atomic E-state index is 0.0572. The normalized spacial score (nSPS) is 10.7. The smallest absolute Gasteiger partial charge is 0.129 e. The summed E-state index contributed by atoms with van der Waals surface area (Å²) >= 11 is 3.19. The fourth-order valence-corrected chi connectivity index (χ4v) is 2.34. The topological polar surface area (TPSA) is 21.3 Å². The first-order valence-corrected chi connectivity index (χ1v) is 7.44. The summed E-state index contributed by atoms with van der Waals surface area (Å²) in [6.07, 6.45) is 0. The van der Waals surface area contributed by atoms with E-state index in [-0.39, 0.29) is 12.4 Å². The van der Waals surface area contributed by atoms with Gasteiger partial charge in [-0.05, 0) is 36.4 Å². The number of nitrogens with one attached hydrogen (secondary N) is 1. The number of rotatable bonds is 6. The molecule has 0 saturated heterocycles. The van der Waals surface area contributed by atoms with Crippen LogP contribution in [0.4, 0.5) is 8.78 Å². The van der Waals surface area contributed by atoms with Gasteiger partial charge in [0.25, 0.3) is 0 Å². The van der Waals surface area contributed by atoms with E-state index in [1.807, 2.05) is 6.92 Å². The van der Waals surface area contributed by atoms with Crippen molar-refractivity contribution in [1.29, 1.82) is 0 Å². The molecule has 112 valence electrons. The average molecular weight is 356 g/mol. The van der Waals surface area contributed by atoms with Crippen molar-refractivity contribution in [1.82, 2.24) is 5.32 Å². The van der Waals surface area contributed by atoms with Gasteiger partial charge in [0.05, 0.1) is 0 Å². The van der Waals surface area contributed by atoms with E-state index in [1.165, 1.54) is 18.2 Å². The third-order valence-electron chi connectivity index (χ3n) is 2.92. The molecule has 0 radical (unpaired) electrons. The molecule has 0 aliphatic heterocycles. The van der Waals surface area contributed by atoms with E-state index in [0.29, 0.717) is 22.3 Å².